The maximum Gasteiger partial charge on any atom is 0.272 e. The number of fused-ring (bicyclic) bond motifs is 1. The Kier molecular flexibility index (Phi) is 5.81. The Labute approximate surface area is 177 Å². The molecule has 31 heavy (non-hydrogen) atoms. The van der Waals surface area contributed by atoms with E-state index in [1.165, 1.54) is 12.4 Å². The molecule has 11 heteroatoms. The van der Waals surface area contributed by atoms with Crippen LogP contribution in [0.3, 0.4) is 0 Å². The number of nitro benzene ring substituents is 1. The third-order valence-corrected chi connectivity index (χ3v) is 5.33. The van der Waals surface area contributed by atoms with Gasteiger partial charge in [-0.25, -0.2) is 9.97 Å². The molecule has 1 unspecified atom stereocenters. The Morgan fingerprint density at radius 3 is 2.87 bits per heavy atom. The second-order valence-electron chi connectivity index (χ2n) is 7.54. The summed E-state index contributed by atoms with van der Waals surface area (Å²) in [5.74, 6) is 0.469. The second-order valence-corrected chi connectivity index (χ2v) is 7.54. The zero-order chi connectivity index (χ0) is 22.1. The van der Waals surface area contributed by atoms with Gasteiger partial charge in [0.05, 0.1) is 30.6 Å². The van der Waals surface area contributed by atoms with Gasteiger partial charge in [0.25, 0.3) is 5.69 Å². The predicted octanol–water partition coefficient (Wildman–Crippen LogP) is 1.87. The molecule has 3 heterocycles. The Balaban J connectivity index is 1.58. The predicted molar refractivity (Wildman–Crippen MR) is 109 cm³/mol. The van der Waals surface area contributed by atoms with E-state index in [2.05, 4.69) is 15.0 Å². The van der Waals surface area contributed by atoms with E-state index in [9.17, 15) is 20.3 Å². The number of para-hydroxylation sites is 1. The van der Waals surface area contributed by atoms with Crippen molar-refractivity contribution < 1.29 is 24.6 Å². The molecule has 0 amide bonds. The minimum absolute atomic E-state index is 0.0438. The van der Waals surface area contributed by atoms with Crippen LogP contribution in [-0.2, 0) is 4.74 Å². The van der Waals surface area contributed by atoms with E-state index in [-0.39, 0.29) is 30.7 Å². The van der Waals surface area contributed by atoms with Crippen LogP contribution in [0, 0.1) is 17.0 Å². The van der Waals surface area contributed by atoms with Crippen LogP contribution in [0.25, 0.3) is 11.2 Å². The van der Waals surface area contributed by atoms with Gasteiger partial charge >= 0.3 is 0 Å². The number of aliphatic hydroxyl groups is 2. The first-order chi connectivity index (χ1) is 14.9. The zero-order valence-corrected chi connectivity index (χ0v) is 17.1. The molecule has 0 spiro atoms. The number of hydrogen-bond acceptors (Lipinski definition) is 9. The van der Waals surface area contributed by atoms with Crippen molar-refractivity contribution in [1.29, 1.82) is 0 Å². The summed E-state index contributed by atoms with van der Waals surface area (Å²) in [7, 11) is 0. The molecule has 11 nitrogen and oxygen atoms in total. The highest BCUT2D eigenvalue weighted by molar-refractivity contribution is 5.76. The largest absolute Gasteiger partial charge is 0.475 e. The SMILES string of the molecule is Cc1nc(OCC(C)c2ccccc2[N+](=O)[O-])c2ncn([C@H]3C[C@@H](O)[C@@H](CO)O3)c2n1. The molecular weight excluding hydrogens is 406 g/mol. The molecule has 1 aliphatic rings. The average molecular weight is 429 g/mol. The summed E-state index contributed by atoms with van der Waals surface area (Å²) < 4.78 is 13.3. The van der Waals surface area contributed by atoms with E-state index in [1.54, 1.807) is 29.7 Å². The van der Waals surface area contributed by atoms with E-state index >= 15 is 0 Å². The molecule has 0 radical (unpaired) electrons. The van der Waals surface area contributed by atoms with Crippen molar-refractivity contribution in [3.8, 4) is 5.88 Å². The molecule has 1 saturated heterocycles. The number of aromatic nitrogens is 4. The second kappa shape index (κ2) is 8.53. The lowest BCUT2D eigenvalue weighted by molar-refractivity contribution is -0.385. The first-order valence-electron chi connectivity index (χ1n) is 9.90. The van der Waals surface area contributed by atoms with Gasteiger partial charge in [0, 0.05) is 24.0 Å². The fourth-order valence-corrected chi connectivity index (χ4v) is 3.72. The number of aliphatic hydroxyl groups excluding tert-OH is 2. The molecule has 1 fully saturated rings. The van der Waals surface area contributed by atoms with Crippen molar-refractivity contribution in [3.63, 3.8) is 0 Å². The van der Waals surface area contributed by atoms with Gasteiger partial charge in [-0.15, -0.1) is 0 Å². The Bertz CT molecular complexity index is 1100. The fraction of sp³-hybridized carbons (Fsp3) is 0.450. The van der Waals surface area contributed by atoms with Gasteiger partial charge < -0.3 is 19.7 Å². The molecule has 164 valence electrons. The van der Waals surface area contributed by atoms with Gasteiger partial charge in [0.2, 0.25) is 5.88 Å². The lowest BCUT2D eigenvalue weighted by Gasteiger charge is -2.15. The molecular formula is C20H23N5O6. The number of nitro groups is 1. The van der Waals surface area contributed by atoms with E-state index < -0.39 is 23.4 Å². The normalized spacial score (nSPS) is 22.0. The monoisotopic (exact) mass is 429 g/mol. The van der Waals surface area contributed by atoms with Crippen LogP contribution in [0.2, 0.25) is 0 Å². The van der Waals surface area contributed by atoms with E-state index in [0.717, 1.165) is 0 Å². The van der Waals surface area contributed by atoms with Crippen LogP contribution in [-0.4, -0.2) is 60.1 Å². The topological polar surface area (TPSA) is 146 Å². The lowest BCUT2D eigenvalue weighted by atomic mass is 10.0. The summed E-state index contributed by atoms with van der Waals surface area (Å²) in [5.41, 5.74) is 1.52. The summed E-state index contributed by atoms with van der Waals surface area (Å²) in [6, 6.07) is 6.56. The summed E-state index contributed by atoms with van der Waals surface area (Å²) in [6.45, 7) is 3.44. The van der Waals surface area contributed by atoms with Gasteiger partial charge in [0.1, 0.15) is 18.2 Å². The number of aryl methyl sites for hydroxylation is 1. The third-order valence-electron chi connectivity index (χ3n) is 5.33. The van der Waals surface area contributed by atoms with Crippen molar-refractivity contribution in [2.45, 2.75) is 44.6 Å². The molecule has 2 N–H and O–H groups in total. The Morgan fingerprint density at radius 1 is 1.39 bits per heavy atom. The van der Waals surface area contributed by atoms with Gasteiger partial charge in [0.15, 0.2) is 11.2 Å². The molecule has 1 aliphatic heterocycles. The van der Waals surface area contributed by atoms with Gasteiger partial charge in [-0.05, 0) is 6.92 Å². The lowest BCUT2D eigenvalue weighted by Crippen LogP contribution is -2.24. The van der Waals surface area contributed by atoms with E-state index in [1.807, 2.05) is 6.92 Å². The maximum absolute atomic E-state index is 11.3. The summed E-state index contributed by atoms with van der Waals surface area (Å²) >= 11 is 0. The standard InChI is InChI=1S/C20H23N5O6/c1-11(13-5-3-4-6-14(13)25(28)29)9-30-20-18-19(22-12(2)23-20)24(10-21-18)17-7-15(27)16(8-26)31-17/h3-6,10-11,15-17,26-27H,7-9H2,1-2H3/t11?,15-,16-,17-/m1/s1. The van der Waals surface area contributed by atoms with Crippen molar-refractivity contribution >= 4 is 16.9 Å². The van der Waals surface area contributed by atoms with Crippen molar-refractivity contribution in [3.05, 3.63) is 52.1 Å². The first-order valence-corrected chi connectivity index (χ1v) is 9.90. The van der Waals surface area contributed by atoms with Crippen LogP contribution < -0.4 is 4.74 Å². The first kappa shape index (κ1) is 21.1. The van der Waals surface area contributed by atoms with Gasteiger partial charge in [-0.3, -0.25) is 14.7 Å². The van der Waals surface area contributed by atoms with Crippen molar-refractivity contribution in [2.24, 2.45) is 0 Å². The minimum Gasteiger partial charge on any atom is -0.475 e. The summed E-state index contributed by atoms with van der Waals surface area (Å²) in [4.78, 5) is 24.0. The fourth-order valence-electron chi connectivity index (χ4n) is 3.72. The quantitative estimate of drug-likeness (QED) is 0.424. The van der Waals surface area contributed by atoms with Crippen LogP contribution >= 0.6 is 0 Å². The summed E-state index contributed by atoms with van der Waals surface area (Å²) in [5, 5.41) is 30.7. The number of rotatable bonds is 7. The van der Waals surface area contributed by atoms with Crippen LogP contribution in [0.1, 0.15) is 36.9 Å². The smallest absolute Gasteiger partial charge is 0.272 e. The van der Waals surface area contributed by atoms with Crippen molar-refractivity contribution in [1.82, 2.24) is 19.5 Å². The van der Waals surface area contributed by atoms with E-state index in [0.29, 0.717) is 29.0 Å². The Hall–Kier alpha value is -3.15. The molecule has 4 atom stereocenters. The number of imidazole rings is 1. The van der Waals surface area contributed by atoms with E-state index in [4.69, 9.17) is 9.47 Å². The molecule has 3 aromatic rings. The Morgan fingerprint density at radius 2 is 2.16 bits per heavy atom. The third kappa shape index (κ3) is 4.07. The molecule has 1 aromatic carbocycles. The molecule has 0 bridgehead atoms. The van der Waals surface area contributed by atoms with Crippen LogP contribution in [0.15, 0.2) is 30.6 Å². The molecule has 0 aliphatic carbocycles. The average Bonchev–Trinajstić information content (AvgIpc) is 3.34. The van der Waals surface area contributed by atoms with Gasteiger partial charge in [-0.1, -0.05) is 25.1 Å². The highest BCUT2D eigenvalue weighted by Crippen LogP contribution is 2.33. The number of nitrogens with zero attached hydrogens (tertiary/aromatic N) is 5. The minimum atomic E-state index is -0.784. The van der Waals surface area contributed by atoms with Crippen LogP contribution in [0.5, 0.6) is 5.88 Å². The van der Waals surface area contributed by atoms with Crippen LogP contribution in [0.4, 0.5) is 5.69 Å². The molecule has 0 saturated carbocycles. The van der Waals surface area contributed by atoms with Gasteiger partial charge in [-0.2, -0.15) is 4.98 Å². The molecule has 4 rings (SSSR count). The zero-order valence-electron chi connectivity index (χ0n) is 17.1. The molecule has 2 aromatic heterocycles. The highest BCUT2D eigenvalue weighted by Gasteiger charge is 2.35. The summed E-state index contributed by atoms with van der Waals surface area (Å²) in [6.07, 6.45) is -0.138. The number of hydrogen-bond donors (Lipinski definition) is 2. The maximum atomic E-state index is 11.3. The highest BCUT2D eigenvalue weighted by atomic mass is 16.6. The number of ether oxygens (including phenoxy) is 2. The number of benzene rings is 1. The van der Waals surface area contributed by atoms with Crippen molar-refractivity contribution in [2.75, 3.05) is 13.2 Å².